The van der Waals surface area contributed by atoms with E-state index in [1.54, 1.807) is 6.07 Å². The molecule has 1 aromatic heterocycles. The van der Waals surface area contributed by atoms with Gasteiger partial charge in [-0.1, -0.05) is 25.1 Å². The fourth-order valence-corrected chi connectivity index (χ4v) is 3.35. The van der Waals surface area contributed by atoms with Gasteiger partial charge in [-0.3, -0.25) is 10.1 Å². The van der Waals surface area contributed by atoms with Gasteiger partial charge in [0.2, 0.25) is 0 Å². The minimum Gasteiger partial charge on any atom is -0.368 e. The van der Waals surface area contributed by atoms with Crippen molar-refractivity contribution < 1.29 is 4.92 Å². The lowest BCUT2D eigenvalue weighted by atomic mass is 9.91. The predicted octanol–water partition coefficient (Wildman–Crippen LogP) is 4.15. The van der Waals surface area contributed by atoms with Crippen molar-refractivity contribution in [1.29, 1.82) is 0 Å². The monoisotopic (exact) mass is 326 g/mol. The van der Waals surface area contributed by atoms with E-state index in [-0.39, 0.29) is 11.7 Å². The van der Waals surface area contributed by atoms with E-state index in [2.05, 4.69) is 53.3 Å². The van der Waals surface area contributed by atoms with Crippen LogP contribution >= 0.6 is 0 Å². The number of rotatable bonds is 5. The smallest absolute Gasteiger partial charge is 0.287 e. The number of hydrogen-bond acceptors (Lipinski definition) is 5. The predicted molar refractivity (Wildman–Crippen MR) is 95.4 cm³/mol. The fraction of sp³-hybridized carbons (Fsp3) is 0.389. The van der Waals surface area contributed by atoms with Crippen molar-refractivity contribution in [2.24, 2.45) is 0 Å². The number of aromatic nitrogens is 1. The molecule has 2 heterocycles. The van der Waals surface area contributed by atoms with Crippen molar-refractivity contribution in [3.05, 3.63) is 58.3 Å². The second kappa shape index (κ2) is 6.86. The number of nitrogens with one attached hydrogen (secondary N) is 1. The molecule has 0 aliphatic carbocycles. The van der Waals surface area contributed by atoms with E-state index < -0.39 is 4.92 Å². The van der Waals surface area contributed by atoms with Crippen LogP contribution in [0.3, 0.4) is 0 Å². The van der Waals surface area contributed by atoms with Gasteiger partial charge >= 0.3 is 0 Å². The lowest BCUT2D eigenvalue weighted by molar-refractivity contribution is -0.385. The summed E-state index contributed by atoms with van der Waals surface area (Å²) in [6, 6.07) is 12.2. The Labute approximate surface area is 141 Å². The molecule has 0 fully saturated rings. The van der Waals surface area contributed by atoms with Crippen LogP contribution in [0.5, 0.6) is 0 Å². The Morgan fingerprint density at radius 2 is 2.12 bits per heavy atom. The number of nitro groups is 1. The molecule has 0 bridgehead atoms. The molecule has 0 saturated heterocycles. The van der Waals surface area contributed by atoms with Gasteiger partial charge in [-0.15, -0.1) is 0 Å². The first-order chi connectivity index (χ1) is 11.6. The average Bonchev–Trinajstić information content (AvgIpc) is 2.59. The van der Waals surface area contributed by atoms with Crippen molar-refractivity contribution in [3.63, 3.8) is 0 Å². The lowest BCUT2D eigenvalue weighted by Crippen LogP contribution is -2.40. The molecule has 0 radical (unpaired) electrons. The Hall–Kier alpha value is -2.63. The molecule has 1 aromatic carbocycles. The van der Waals surface area contributed by atoms with Gasteiger partial charge in [0.15, 0.2) is 0 Å². The van der Waals surface area contributed by atoms with E-state index in [0.717, 1.165) is 19.4 Å². The molecule has 6 heteroatoms. The second-order valence-corrected chi connectivity index (χ2v) is 6.19. The zero-order valence-corrected chi connectivity index (χ0v) is 14.0. The Kier molecular flexibility index (Phi) is 4.64. The van der Waals surface area contributed by atoms with E-state index >= 15 is 0 Å². The molecule has 0 saturated carbocycles. The lowest BCUT2D eigenvalue weighted by Gasteiger charge is -2.41. The van der Waals surface area contributed by atoms with E-state index in [1.165, 1.54) is 23.5 Å². The fourth-order valence-electron chi connectivity index (χ4n) is 3.35. The molecule has 0 amide bonds. The quantitative estimate of drug-likeness (QED) is 0.660. The van der Waals surface area contributed by atoms with Crippen molar-refractivity contribution >= 4 is 17.2 Å². The highest BCUT2D eigenvalue weighted by molar-refractivity contribution is 5.60. The third kappa shape index (κ3) is 3.18. The Bertz CT molecular complexity index is 717. The number of anilines is 2. The number of fused-ring (bicyclic) bond motifs is 1. The highest BCUT2D eigenvalue weighted by Gasteiger charge is 2.29. The molecule has 3 rings (SSSR count). The minimum absolute atomic E-state index is 0.00656. The summed E-state index contributed by atoms with van der Waals surface area (Å²) in [7, 11) is 0. The first-order valence-corrected chi connectivity index (χ1v) is 8.32. The summed E-state index contributed by atoms with van der Waals surface area (Å²) in [6.45, 7) is 5.48. The van der Waals surface area contributed by atoms with Gasteiger partial charge in [0.25, 0.3) is 5.69 Å². The second-order valence-electron chi connectivity index (χ2n) is 6.19. The molecule has 24 heavy (non-hydrogen) atoms. The number of para-hydroxylation sites is 1. The molecular weight excluding hydrogens is 304 g/mol. The molecule has 6 nitrogen and oxygen atoms in total. The average molecular weight is 326 g/mol. The van der Waals surface area contributed by atoms with Gasteiger partial charge in [-0.2, -0.15) is 0 Å². The summed E-state index contributed by atoms with van der Waals surface area (Å²) >= 11 is 0. The summed E-state index contributed by atoms with van der Waals surface area (Å²) in [5.74, 6) is 0.663. The molecule has 1 aliphatic rings. The van der Waals surface area contributed by atoms with Gasteiger partial charge in [-0.25, -0.2) is 4.98 Å². The van der Waals surface area contributed by atoms with Gasteiger partial charge in [-0.05, 0) is 37.5 Å². The third-order valence-corrected chi connectivity index (χ3v) is 4.48. The molecular formula is C18H22N4O2. The van der Waals surface area contributed by atoms with Crippen LogP contribution in [0.2, 0.25) is 0 Å². The summed E-state index contributed by atoms with van der Waals surface area (Å²) in [5, 5.41) is 14.2. The van der Waals surface area contributed by atoms with E-state index in [9.17, 15) is 10.1 Å². The van der Waals surface area contributed by atoms with E-state index in [4.69, 9.17) is 0 Å². The van der Waals surface area contributed by atoms with Crippen molar-refractivity contribution in [3.8, 4) is 0 Å². The maximum absolute atomic E-state index is 10.7. The molecule has 1 aliphatic heterocycles. The van der Waals surface area contributed by atoms with Crippen LogP contribution in [0.4, 0.5) is 17.2 Å². The van der Waals surface area contributed by atoms with E-state index in [0.29, 0.717) is 11.9 Å². The molecule has 0 unspecified atom stereocenters. The van der Waals surface area contributed by atoms with Crippen LogP contribution < -0.4 is 10.2 Å². The zero-order chi connectivity index (χ0) is 17.1. The van der Waals surface area contributed by atoms with Gasteiger partial charge in [0.1, 0.15) is 12.0 Å². The first-order valence-electron chi connectivity index (χ1n) is 8.32. The number of benzene rings is 1. The maximum Gasteiger partial charge on any atom is 0.287 e. The summed E-state index contributed by atoms with van der Waals surface area (Å²) in [5.41, 5.74) is 2.52. The van der Waals surface area contributed by atoms with Crippen LogP contribution in [0.15, 0.2) is 42.6 Å². The Balaban J connectivity index is 1.85. The SMILES string of the molecule is CCCN1c2ccccc2[C@H](Nc2ccc([N+](=O)[O-])cn2)C[C@@H]1C. The summed E-state index contributed by atoms with van der Waals surface area (Å²) < 4.78 is 0. The third-order valence-electron chi connectivity index (χ3n) is 4.48. The van der Waals surface area contributed by atoms with Gasteiger partial charge in [0, 0.05) is 24.3 Å². The number of pyridine rings is 1. The topological polar surface area (TPSA) is 71.3 Å². The van der Waals surface area contributed by atoms with Gasteiger partial charge in [0.05, 0.1) is 11.0 Å². The van der Waals surface area contributed by atoms with Crippen LogP contribution in [0.25, 0.3) is 0 Å². The normalized spacial score (nSPS) is 19.7. The van der Waals surface area contributed by atoms with Crippen molar-refractivity contribution in [1.82, 2.24) is 4.98 Å². The molecule has 126 valence electrons. The van der Waals surface area contributed by atoms with Crippen LogP contribution in [0, 0.1) is 10.1 Å². The van der Waals surface area contributed by atoms with Gasteiger partial charge < -0.3 is 10.2 Å². The summed E-state index contributed by atoms with van der Waals surface area (Å²) in [6.07, 6.45) is 3.38. The largest absolute Gasteiger partial charge is 0.368 e. The van der Waals surface area contributed by atoms with Crippen LogP contribution in [0.1, 0.15) is 38.3 Å². The number of nitrogens with zero attached hydrogens (tertiary/aromatic N) is 3. The first kappa shape index (κ1) is 16.2. The highest BCUT2D eigenvalue weighted by atomic mass is 16.6. The molecule has 0 spiro atoms. The van der Waals surface area contributed by atoms with Crippen molar-refractivity contribution in [2.45, 2.75) is 38.8 Å². The standard InChI is InChI=1S/C18H22N4O2/c1-3-10-21-13(2)11-16(15-6-4-5-7-17(15)21)20-18-9-8-14(12-19-18)22(23)24/h4-9,12-13,16H,3,10-11H2,1-2H3,(H,19,20)/t13-,16+/m0/s1. The minimum atomic E-state index is -0.433. The Morgan fingerprint density at radius 3 is 2.79 bits per heavy atom. The van der Waals surface area contributed by atoms with Crippen LogP contribution in [-0.4, -0.2) is 22.5 Å². The molecule has 2 atom stereocenters. The number of hydrogen-bond donors (Lipinski definition) is 1. The van der Waals surface area contributed by atoms with E-state index in [1.807, 2.05) is 0 Å². The van der Waals surface area contributed by atoms with Crippen molar-refractivity contribution in [2.75, 3.05) is 16.8 Å². The highest BCUT2D eigenvalue weighted by Crippen LogP contribution is 2.38. The molecule has 1 N–H and O–H groups in total. The maximum atomic E-state index is 10.7. The molecule has 2 aromatic rings. The summed E-state index contributed by atoms with van der Waals surface area (Å²) in [4.78, 5) is 16.9. The zero-order valence-electron chi connectivity index (χ0n) is 14.0. The Morgan fingerprint density at radius 1 is 1.33 bits per heavy atom. The van der Waals surface area contributed by atoms with Crippen LogP contribution in [-0.2, 0) is 0 Å².